The number of sulfonamides is 1. The third-order valence-electron chi connectivity index (χ3n) is 6.08. The molecule has 170 valence electrons. The molecule has 0 spiro atoms. The summed E-state index contributed by atoms with van der Waals surface area (Å²) in [6, 6.07) is 10.7. The van der Waals surface area contributed by atoms with Crippen molar-refractivity contribution in [3.05, 3.63) is 53.1 Å². The van der Waals surface area contributed by atoms with Gasteiger partial charge in [-0.05, 0) is 86.6 Å². The van der Waals surface area contributed by atoms with E-state index in [0.29, 0.717) is 44.3 Å². The highest BCUT2D eigenvalue weighted by Crippen LogP contribution is 2.29. The summed E-state index contributed by atoms with van der Waals surface area (Å²) < 4.78 is 28.1. The molecule has 2 aromatic carbocycles. The molecule has 32 heavy (non-hydrogen) atoms. The van der Waals surface area contributed by atoms with Crippen molar-refractivity contribution in [1.29, 1.82) is 0 Å². The third kappa shape index (κ3) is 4.86. The molecule has 0 bridgehead atoms. The van der Waals surface area contributed by atoms with Crippen LogP contribution in [0, 0.1) is 19.8 Å². The summed E-state index contributed by atoms with van der Waals surface area (Å²) >= 11 is 0. The first-order valence-corrected chi connectivity index (χ1v) is 12.5. The van der Waals surface area contributed by atoms with Gasteiger partial charge in [-0.2, -0.15) is 4.31 Å². The van der Waals surface area contributed by atoms with Gasteiger partial charge in [-0.25, -0.2) is 8.42 Å². The van der Waals surface area contributed by atoms with E-state index in [1.807, 2.05) is 32.0 Å². The van der Waals surface area contributed by atoms with Gasteiger partial charge < -0.3 is 10.6 Å². The molecule has 0 saturated carbocycles. The number of nitrogens with zero attached hydrogens (tertiary/aromatic N) is 1. The quantitative estimate of drug-likeness (QED) is 0.736. The van der Waals surface area contributed by atoms with Crippen molar-refractivity contribution < 1.29 is 18.0 Å². The normalized spacial score (nSPS) is 19.6. The van der Waals surface area contributed by atoms with E-state index in [-0.39, 0.29) is 23.3 Å². The Labute approximate surface area is 189 Å². The maximum absolute atomic E-state index is 13.3. The van der Waals surface area contributed by atoms with E-state index in [9.17, 15) is 18.0 Å². The number of piperidine rings is 1. The topological polar surface area (TPSA) is 95.6 Å². The summed E-state index contributed by atoms with van der Waals surface area (Å²) in [6.45, 7) is 4.50. The highest BCUT2D eigenvalue weighted by molar-refractivity contribution is 7.89. The van der Waals surface area contributed by atoms with Crippen molar-refractivity contribution in [2.75, 3.05) is 23.7 Å². The number of benzene rings is 2. The molecule has 0 aliphatic carbocycles. The Morgan fingerprint density at radius 1 is 1.06 bits per heavy atom. The van der Waals surface area contributed by atoms with Crippen LogP contribution in [-0.2, 0) is 26.0 Å². The Bertz CT molecular complexity index is 1140. The molecule has 2 aromatic rings. The molecule has 1 fully saturated rings. The van der Waals surface area contributed by atoms with Crippen molar-refractivity contribution in [2.24, 2.45) is 5.92 Å². The first-order valence-electron chi connectivity index (χ1n) is 11.0. The number of aryl methyl sites for hydroxylation is 3. The molecule has 2 aliphatic rings. The first-order chi connectivity index (χ1) is 15.2. The maximum atomic E-state index is 13.3. The second-order valence-corrected chi connectivity index (χ2v) is 10.7. The fraction of sp³-hybridized carbons (Fsp3) is 0.417. The Balaban J connectivity index is 1.50. The Morgan fingerprint density at radius 3 is 2.56 bits per heavy atom. The number of carbonyl (C=O) groups excluding carboxylic acids is 2. The smallest absolute Gasteiger partial charge is 0.243 e. The monoisotopic (exact) mass is 455 g/mol. The number of carbonyl (C=O) groups is 2. The average molecular weight is 456 g/mol. The van der Waals surface area contributed by atoms with Crippen LogP contribution >= 0.6 is 0 Å². The molecule has 0 aromatic heterocycles. The molecule has 1 unspecified atom stereocenters. The summed E-state index contributed by atoms with van der Waals surface area (Å²) in [5.41, 5.74) is 4.37. The lowest BCUT2D eigenvalue weighted by Crippen LogP contribution is -2.43. The van der Waals surface area contributed by atoms with Gasteiger partial charge in [-0.1, -0.05) is 6.07 Å². The summed E-state index contributed by atoms with van der Waals surface area (Å²) in [6.07, 6.45) is 3.05. The van der Waals surface area contributed by atoms with Gasteiger partial charge in [0.15, 0.2) is 0 Å². The van der Waals surface area contributed by atoms with E-state index in [2.05, 4.69) is 10.6 Å². The summed E-state index contributed by atoms with van der Waals surface area (Å²) in [5.74, 6) is -0.605. The minimum atomic E-state index is -3.73. The van der Waals surface area contributed by atoms with Crippen molar-refractivity contribution >= 4 is 33.2 Å². The number of hydrogen-bond acceptors (Lipinski definition) is 4. The number of anilines is 2. The van der Waals surface area contributed by atoms with Crippen LogP contribution in [0.4, 0.5) is 11.4 Å². The second kappa shape index (κ2) is 9.03. The predicted molar refractivity (Wildman–Crippen MR) is 124 cm³/mol. The maximum Gasteiger partial charge on any atom is 0.243 e. The van der Waals surface area contributed by atoms with Gasteiger partial charge in [0, 0.05) is 30.9 Å². The average Bonchev–Trinajstić information content (AvgIpc) is 2.93. The molecule has 8 heteroatoms. The molecule has 2 aliphatic heterocycles. The van der Waals surface area contributed by atoms with Crippen LogP contribution in [0.2, 0.25) is 0 Å². The van der Waals surface area contributed by atoms with Gasteiger partial charge >= 0.3 is 0 Å². The van der Waals surface area contributed by atoms with E-state index in [1.165, 1.54) is 4.31 Å². The third-order valence-corrected chi connectivity index (χ3v) is 7.94. The molecule has 2 N–H and O–H groups in total. The number of fused-ring (bicyclic) bond motifs is 1. The Morgan fingerprint density at radius 2 is 1.81 bits per heavy atom. The van der Waals surface area contributed by atoms with Crippen LogP contribution in [0.5, 0.6) is 0 Å². The first kappa shape index (κ1) is 22.5. The molecule has 0 radical (unpaired) electrons. The van der Waals surface area contributed by atoms with Crippen LogP contribution in [0.15, 0.2) is 41.3 Å². The van der Waals surface area contributed by atoms with Gasteiger partial charge in [-0.15, -0.1) is 0 Å². The van der Waals surface area contributed by atoms with Crippen LogP contribution in [-0.4, -0.2) is 37.6 Å². The van der Waals surface area contributed by atoms with E-state index >= 15 is 0 Å². The van der Waals surface area contributed by atoms with E-state index in [4.69, 9.17) is 0 Å². The fourth-order valence-electron chi connectivity index (χ4n) is 4.53. The van der Waals surface area contributed by atoms with Gasteiger partial charge in [0.05, 0.1) is 10.8 Å². The van der Waals surface area contributed by atoms with E-state index in [0.717, 1.165) is 22.4 Å². The lowest BCUT2D eigenvalue weighted by Gasteiger charge is -2.31. The minimum Gasteiger partial charge on any atom is -0.326 e. The number of hydrogen-bond donors (Lipinski definition) is 2. The van der Waals surface area contributed by atoms with Crippen molar-refractivity contribution in [2.45, 2.75) is 50.8 Å². The van der Waals surface area contributed by atoms with Gasteiger partial charge in [-0.3, -0.25) is 9.59 Å². The van der Waals surface area contributed by atoms with Crippen molar-refractivity contribution in [1.82, 2.24) is 4.31 Å². The molecule has 1 saturated heterocycles. The number of rotatable bonds is 4. The van der Waals surface area contributed by atoms with Crippen molar-refractivity contribution in [3.8, 4) is 0 Å². The molecule has 2 heterocycles. The van der Waals surface area contributed by atoms with Gasteiger partial charge in [0.25, 0.3) is 0 Å². The number of amides is 2. The molecule has 2 amide bonds. The molecule has 1 atom stereocenters. The number of nitrogens with one attached hydrogen (secondary N) is 2. The standard InChI is InChI=1S/C24H29N3O4S/c1-16-11-17(2)13-20(12-16)25-24(29)19-6-4-10-27(15-19)32(30,31)21-8-9-22-18(14-21)5-3-7-23(28)26-22/h8-9,11-14,19H,3-7,10,15H2,1-2H3,(H,25,29)(H,26,28). The second-order valence-electron chi connectivity index (χ2n) is 8.79. The van der Waals surface area contributed by atoms with Crippen LogP contribution in [0.25, 0.3) is 0 Å². The van der Waals surface area contributed by atoms with Crippen LogP contribution < -0.4 is 10.6 Å². The Kier molecular flexibility index (Phi) is 6.35. The van der Waals surface area contributed by atoms with Crippen molar-refractivity contribution in [3.63, 3.8) is 0 Å². The molecule has 7 nitrogen and oxygen atoms in total. The highest BCUT2D eigenvalue weighted by atomic mass is 32.2. The van der Waals surface area contributed by atoms with Gasteiger partial charge in [0.2, 0.25) is 21.8 Å². The van der Waals surface area contributed by atoms with E-state index in [1.54, 1.807) is 18.2 Å². The zero-order valence-electron chi connectivity index (χ0n) is 18.5. The summed E-state index contributed by atoms with van der Waals surface area (Å²) in [7, 11) is -3.73. The molecular weight excluding hydrogens is 426 g/mol. The molecular formula is C24H29N3O4S. The zero-order valence-corrected chi connectivity index (χ0v) is 19.3. The van der Waals surface area contributed by atoms with Crippen LogP contribution in [0.3, 0.4) is 0 Å². The fourth-order valence-corrected chi connectivity index (χ4v) is 6.10. The predicted octanol–water partition coefficient (Wildman–Crippen LogP) is 3.62. The zero-order chi connectivity index (χ0) is 22.9. The minimum absolute atomic E-state index is 0.0481. The SMILES string of the molecule is Cc1cc(C)cc(NC(=O)C2CCCN(S(=O)(=O)c3ccc4c(c3)CCCC(=O)N4)C2)c1. The van der Waals surface area contributed by atoms with E-state index < -0.39 is 15.9 Å². The summed E-state index contributed by atoms with van der Waals surface area (Å²) in [4.78, 5) is 24.9. The largest absolute Gasteiger partial charge is 0.326 e. The Hall–Kier alpha value is -2.71. The highest BCUT2D eigenvalue weighted by Gasteiger charge is 2.34. The molecule has 4 rings (SSSR count). The summed E-state index contributed by atoms with van der Waals surface area (Å²) in [5, 5.41) is 5.79. The van der Waals surface area contributed by atoms with Gasteiger partial charge in [0.1, 0.15) is 0 Å². The van der Waals surface area contributed by atoms with Crippen LogP contribution in [0.1, 0.15) is 42.4 Å². The lowest BCUT2D eigenvalue weighted by atomic mass is 9.98. The lowest BCUT2D eigenvalue weighted by molar-refractivity contribution is -0.121.